The second-order valence-corrected chi connectivity index (χ2v) is 10.7. The van der Waals surface area contributed by atoms with Crippen LogP contribution in [0.1, 0.15) is 31.2 Å². The number of hydrogen-bond acceptors (Lipinski definition) is 5. The van der Waals surface area contributed by atoms with Crippen LogP contribution in [0.25, 0.3) is 0 Å². The van der Waals surface area contributed by atoms with E-state index in [9.17, 15) is 16.8 Å². The molecule has 0 bridgehead atoms. The first-order chi connectivity index (χ1) is 13.7. The van der Waals surface area contributed by atoms with Gasteiger partial charge in [0.2, 0.25) is 10.0 Å². The van der Waals surface area contributed by atoms with E-state index in [0.717, 1.165) is 31.2 Å². The quantitative estimate of drug-likeness (QED) is 0.746. The van der Waals surface area contributed by atoms with Gasteiger partial charge in [-0.25, -0.2) is 16.8 Å². The maximum Gasteiger partial charge on any atom is 0.262 e. The van der Waals surface area contributed by atoms with Crippen molar-refractivity contribution in [3.63, 3.8) is 0 Å². The Labute approximate surface area is 172 Å². The Kier molecular flexibility index (Phi) is 6.50. The van der Waals surface area contributed by atoms with Crippen molar-refractivity contribution in [2.24, 2.45) is 0 Å². The lowest BCUT2D eigenvalue weighted by atomic mass is 10.2. The zero-order valence-corrected chi connectivity index (χ0v) is 18.2. The number of aryl methyl sites for hydroxylation is 1. The van der Waals surface area contributed by atoms with E-state index >= 15 is 0 Å². The molecule has 1 heterocycles. The van der Waals surface area contributed by atoms with Crippen LogP contribution in [0.15, 0.2) is 52.3 Å². The molecule has 158 valence electrons. The first kappa shape index (κ1) is 21.6. The SMILES string of the molecule is COc1ccc(S(=O)(=O)N2CCCCCC2)cc1NS(=O)(=O)c1ccc(C)cc1. The number of methoxy groups -OCH3 is 1. The van der Waals surface area contributed by atoms with Gasteiger partial charge in [-0.2, -0.15) is 4.31 Å². The lowest BCUT2D eigenvalue weighted by Crippen LogP contribution is -2.32. The molecule has 0 spiro atoms. The van der Waals surface area contributed by atoms with Crippen molar-refractivity contribution in [1.82, 2.24) is 4.31 Å². The molecule has 0 radical (unpaired) electrons. The highest BCUT2D eigenvalue weighted by molar-refractivity contribution is 7.92. The predicted molar refractivity (Wildman–Crippen MR) is 112 cm³/mol. The second kappa shape index (κ2) is 8.73. The standard InChI is InChI=1S/C20H26N2O5S2/c1-16-7-9-17(10-8-16)28(23,24)21-19-15-18(11-12-20(19)27-2)29(25,26)22-13-5-3-4-6-14-22/h7-12,15,21H,3-6,13-14H2,1-2H3. The number of anilines is 1. The fraction of sp³-hybridized carbons (Fsp3) is 0.400. The highest BCUT2D eigenvalue weighted by Gasteiger charge is 2.27. The van der Waals surface area contributed by atoms with Gasteiger partial charge in [-0.15, -0.1) is 0 Å². The summed E-state index contributed by atoms with van der Waals surface area (Å²) in [4.78, 5) is 0.132. The van der Waals surface area contributed by atoms with Gasteiger partial charge in [-0.1, -0.05) is 30.5 Å². The third kappa shape index (κ3) is 4.91. The van der Waals surface area contributed by atoms with Crippen molar-refractivity contribution in [1.29, 1.82) is 0 Å². The fourth-order valence-electron chi connectivity index (χ4n) is 3.28. The van der Waals surface area contributed by atoms with Crippen LogP contribution in [0.2, 0.25) is 0 Å². The van der Waals surface area contributed by atoms with Gasteiger partial charge < -0.3 is 4.74 Å². The van der Waals surface area contributed by atoms with Crippen molar-refractivity contribution in [3.8, 4) is 5.75 Å². The Morgan fingerprint density at radius 1 is 0.862 bits per heavy atom. The molecule has 9 heteroatoms. The van der Waals surface area contributed by atoms with Crippen LogP contribution in [0.5, 0.6) is 5.75 Å². The smallest absolute Gasteiger partial charge is 0.262 e. The minimum absolute atomic E-state index is 0.0433. The van der Waals surface area contributed by atoms with Crippen LogP contribution in [0.4, 0.5) is 5.69 Å². The van der Waals surface area contributed by atoms with Crippen LogP contribution in [-0.4, -0.2) is 41.3 Å². The molecule has 0 aliphatic carbocycles. The zero-order chi connectivity index (χ0) is 21.1. The largest absolute Gasteiger partial charge is 0.495 e. The summed E-state index contributed by atoms with van der Waals surface area (Å²) in [6.45, 7) is 2.81. The molecule has 2 aromatic carbocycles. The molecule has 0 aromatic heterocycles. The van der Waals surface area contributed by atoms with E-state index < -0.39 is 20.0 Å². The van der Waals surface area contributed by atoms with Crippen LogP contribution < -0.4 is 9.46 Å². The highest BCUT2D eigenvalue weighted by Crippen LogP contribution is 2.31. The Morgan fingerprint density at radius 3 is 2.03 bits per heavy atom. The first-order valence-electron chi connectivity index (χ1n) is 9.52. The van der Waals surface area contributed by atoms with E-state index in [2.05, 4.69) is 4.72 Å². The Hall–Kier alpha value is -2.10. The van der Waals surface area contributed by atoms with E-state index in [1.807, 2.05) is 6.92 Å². The normalized spacial score (nSPS) is 16.2. The van der Waals surface area contributed by atoms with Crippen molar-refractivity contribution in [2.45, 2.75) is 42.4 Å². The van der Waals surface area contributed by atoms with Crippen molar-refractivity contribution in [2.75, 3.05) is 24.9 Å². The third-order valence-electron chi connectivity index (χ3n) is 4.95. The van der Waals surface area contributed by atoms with Gasteiger partial charge in [0, 0.05) is 13.1 Å². The number of rotatable bonds is 6. The molecule has 0 atom stereocenters. The van der Waals surface area contributed by atoms with Gasteiger partial charge in [-0.3, -0.25) is 4.72 Å². The number of hydrogen-bond donors (Lipinski definition) is 1. The molecule has 0 amide bonds. The van der Waals surface area contributed by atoms with E-state index in [1.165, 1.54) is 41.7 Å². The van der Waals surface area contributed by atoms with Gasteiger partial charge in [0.1, 0.15) is 5.75 Å². The zero-order valence-electron chi connectivity index (χ0n) is 16.6. The van der Waals surface area contributed by atoms with E-state index in [1.54, 1.807) is 12.1 Å². The van der Waals surface area contributed by atoms with Crippen molar-refractivity contribution >= 4 is 25.7 Å². The van der Waals surface area contributed by atoms with Crippen LogP contribution in [0, 0.1) is 6.92 Å². The molecular weight excluding hydrogens is 412 g/mol. The summed E-state index contributed by atoms with van der Waals surface area (Å²) in [5.41, 5.74) is 1.02. The molecule has 1 aliphatic heterocycles. The summed E-state index contributed by atoms with van der Waals surface area (Å²) in [5.74, 6) is 0.246. The molecule has 0 saturated carbocycles. The summed E-state index contributed by atoms with van der Waals surface area (Å²) in [5, 5.41) is 0. The topological polar surface area (TPSA) is 92.8 Å². The van der Waals surface area contributed by atoms with Gasteiger partial charge in [0.15, 0.2) is 0 Å². The fourth-order valence-corrected chi connectivity index (χ4v) is 5.88. The summed E-state index contributed by atoms with van der Waals surface area (Å²) < 4.78 is 60.9. The molecule has 29 heavy (non-hydrogen) atoms. The number of nitrogens with zero attached hydrogens (tertiary/aromatic N) is 1. The molecule has 0 unspecified atom stereocenters. The monoisotopic (exact) mass is 438 g/mol. The van der Waals surface area contributed by atoms with Crippen LogP contribution in [-0.2, 0) is 20.0 Å². The Bertz CT molecular complexity index is 1060. The van der Waals surface area contributed by atoms with Gasteiger partial charge in [0.25, 0.3) is 10.0 Å². The third-order valence-corrected chi connectivity index (χ3v) is 8.23. The number of benzene rings is 2. The molecule has 3 rings (SSSR count). The van der Waals surface area contributed by atoms with E-state index in [4.69, 9.17) is 4.74 Å². The summed E-state index contributed by atoms with van der Waals surface area (Å²) in [6.07, 6.45) is 3.66. The Balaban J connectivity index is 1.96. The maximum atomic E-state index is 13.1. The maximum absolute atomic E-state index is 13.1. The van der Waals surface area contributed by atoms with E-state index in [0.29, 0.717) is 13.1 Å². The molecule has 2 aromatic rings. The lowest BCUT2D eigenvalue weighted by molar-refractivity contribution is 0.415. The summed E-state index contributed by atoms with van der Waals surface area (Å²) in [6, 6.07) is 10.6. The lowest BCUT2D eigenvalue weighted by Gasteiger charge is -2.21. The second-order valence-electron chi connectivity index (χ2n) is 7.10. The minimum Gasteiger partial charge on any atom is -0.495 e. The molecule has 1 N–H and O–H groups in total. The molecule has 7 nitrogen and oxygen atoms in total. The summed E-state index contributed by atoms with van der Waals surface area (Å²) in [7, 11) is -6.21. The minimum atomic E-state index is -3.89. The van der Waals surface area contributed by atoms with Gasteiger partial charge in [0.05, 0.1) is 22.6 Å². The van der Waals surface area contributed by atoms with Crippen LogP contribution >= 0.6 is 0 Å². The average molecular weight is 439 g/mol. The van der Waals surface area contributed by atoms with Gasteiger partial charge in [-0.05, 0) is 50.1 Å². The van der Waals surface area contributed by atoms with Crippen molar-refractivity contribution in [3.05, 3.63) is 48.0 Å². The number of nitrogens with one attached hydrogen (secondary N) is 1. The highest BCUT2D eigenvalue weighted by atomic mass is 32.2. The van der Waals surface area contributed by atoms with Crippen molar-refractivity contribution < 1.29 is 21.6 Å². The predicted octanol–water partition coefficient (Wildman–Crippen LogP) is 3.37. The first-order valence-corrected chi connectivity index (χ1v) is 12.4. The summed E-state index contributed by atoms with van der Waals surface area (Å²) >= 11 is 0. The van der Waals surface area contributed by atoms with E-state index in [-0.39, 0.29) is 21.2 Å². The Morgan fingerprint density at radius 2 is 1.45 bits per heavy atom. The van der Waals surface area contributed by atoms with Crippen LogP contribution in [0.3, 0.4) is 0 Å². The number of ether oxygens (including phenoxy) is 1. The van der Waals surface area contributed by atoms with Gasteiger partial charge >= 0.3 is 0 Å². The molecular formula is C20H26N2O5S2. The molecule has 1 fully saturated rings. The molecule has 1 aliphatic rings. The average Bonchev–Trinajstić information content (AvgIpc) is 2.98. The molecule has 1 saturated heterocycles. The number of sulfonamides is 2.